The minimum Gasteiger partial charge on any atom is -0.320 e. The number of halogens is 2. The first-order chi connectivity index (χ1) is 10.0. The molecule has 0 aliphatic carbocycles. The van der Waals surface area contributed by atoms with Crippen LogP contribution < -0.4 is 5.32 Å². The molecule has 3 aromatic heterocycles. The molecule has 0 fully saturated rings. The van der Waals surface area contributed by atoms with Crippen molar-refractivity contribution in [3.8, 4) is 0 Å². The predicted molar refractivity (Wildman–Crippen MR) is 77.1 cm³/mol. The lowest BCUT2D eigenvalue weighted by atomic mass is 10.3. The fourth-order valence-corrected chi connectivity index (χ4v) is 2.25. The van der Waals surface area contributed by atoms with Gasteiger partial charge in [0.25, 0.3) is 5.91 Å². The summed E-state index contributed by atoms with van der Waals surface area (Å²) in [6, 6.07) is 5.95. The van der Waals surface area contributed by atoms with Gasteiger partial charge in [-0.2, -0.15) is 0 Å². The van der Waals surface area contributed by atoms with Gasteiger partial charge in [-0.15, -0.1) is 0 Å². The Morgan fingerprint density at radius 1 is 1.38 bits per heavy atom. The molecule has 0 radical (unpaired) electrons. The average Bonchev–Trinajstić information content (AvgIpc) is 2.74. The Balaban J connectivity index is 2.01. The zero-order valence-corrected chi connectivity index (χ0v) is 11.7. The molecule has 106 valence electrons. The van der Waals surface area contributed by atoms with E-state index < -0.39 is 11.7 Å². The highest BCUT2D eigenvalue weighted by Gasteiger charge is 2.17. The summed E-state index contributed by atoms with van der Waals surface area (Å²) in [5.74, 6) is -0.839. The number of aryl methyl sites for hydroxylation is 1. The van der Waals surface area contributed by atoms with Crippen LogP contribution in [0.25, 0.3) is 5.65 Å². The van der Waals surface area contributed by atoms with E-state index in [0.29, 0.717) is 17.0 Å². The lowest BCUT2D eigenvalue weighted by Crippen LogP contribution is -2.15. The van der Waals surface area contributed by atoms with Crippen LogP contribution in [0.4, 0.5) is 10.1 Å². The first kappa shape index (κ1) is 13.5. The number of aromatic nitrogens is 3. The van der Waals surface area contributed by atoms with E-state index in [0.717, 1.165) is 0 Å². The second kappa shape index (κ2) is 5.14. The van der Waals surface area contributed by atoms with Crippen LogP contribution >= 0.6 is 11.6 Å². The molecule has 1 amide bonds. The van der Waals surface area contributed by atoms with Crippen LogP contribution in [0.5, 0.6) is 0 Å². The highest BCUT2D eigenvalue weighted by atomic mass is 35.5. The van der Waals surface area contributed by atoms with Crippen molar-refractivity contribution >= 4 is 28.8 Å². The van der Waals surface area contributed by atoms with Crippen LogP contribution in [0.3, 0.4) is 0 Å². The summed E-state index contributed by atoms with van der Waals surface area (Å²) in [6.45, 7) is 1.69. The minimum atomic E-state index is -0.444. The van der Waals surface area contributed by atoms with Gasteiger partial charge in [-0.3, -0.25) is 9.20 Å². The van der Waals surface area contributed by atoms with Gasteiger partial charge >= 0.3 is 0 Å². The number of rotatable bonds is 2. The Hall–Kier alpha value is -2.47. The molecular formula is C14H10ClFN4O. The second-order valence-corrected chi connectivity index (χ2v) is 4.83. The van der Waals surface area contributed by atoms with E-state index in [-0.39, 0.29) is 10.8 Å². The zero-order chi connectivity index (χ0) is 15.0. The highest BCUT2D eigenvalue weighted by Crippen LogP contribution is 2.17. The van der Waals surface area contributed by atoms with Gasteiger partial charge in [-0.1, -0.05) is 11.6 Å². The van der Waals surface area contributed by atoms with Crippen LogP contribution in [-0.4, -0.2) is 20.3 Å². The summed E-state index contributed by atoms with van der Waals surface area (Å²) >= 11 is 5.77. The molecule has 0 atom stereocenters. The number of hydrogen-bond donors (Lipinski definition) is 1. The molecule has 0 aromatic carbocycles. The van der Waals surface area contributed by atoms with E-state index in [1.54, 1.807) is 13.0 Å². The maximum absolute atomic E-state index is 13.4. The lowest BCUT2D eigenvalue weighted by molar-refractivity contribution is 0.102. The topological polar surface area (TPSA) is 59.3 Å². The van der Waals surface area contributed by atoms with Gasteiger partial charge in [0.15, 0.2) is 0 Å². The predicted octanol–water partition coefficient (Wildman–Crippen LogP) is 3.08. The van der Waals surface area contributed by atoms with Gasteiger partial charge < -0.3 is 5.32 Å². The van der Waals surface area contributed by atoms with Crippen LogP contribution in [0.15, 0.2) is 36.7 Å². The molecule has 5 nitrogen and oxygen atoms in total. The number of fused-ring (bicyclic) bond motifs is 1. The Kier molecular flexibility index (Phi) is 3.31. The van der Waals surface area contributed by atoms with E-state index in [2.05, 4.69) is 15.3 Å². The molecule has 1 N–H and O–H groups in total. The van der Waals surface area contributed by atoms with Gasteiger partial charge in [0.2, 0.25) is 0 Å². The molecule has 3 rings (SSSR count). The second-order valence-electron chi connectivity index (χ2n) is 4.44. The Morgan fingerprint density at radius 3 is 2.95 bits per heavy atom. The summed E-state index contributed by atoms with van der Waals surface area (Å²) in [6.07, 6.45) is 2.71. The smallest absolute Gasteiger partial charge is 0.274 e. The van der Waals surface area contributed by atoms with Crippen molar-refractivity contribution in [1.82, 2.24) is 14.4 Å². The Morgan fingerprint density at radius 2 is 2.19 bits per heavy atom. The lowest BCUT2D eigenvalue weighted by Gasteiger charge is -2.06. The van der Waals surface area contributed by atoms with Crippen molar-refractivity contribution in [3.05, 3.63) is 59.0 Å². The number of amides is 1. The molecular weight excluding hydrogens is 295 g/mol. The van der Waals surface area contributed by atoms with Crippen molar-refractivity contribution in [3.63, 3.8) is 0 Å². The maximum Gasteiger partial charge on any atom is 0.274 e. The molecule has 3 aromatic rings. The first-order valence-corrected chi connectivity index (χ1v) is 6.49. The van der Waals surface area contributed by atoms with Crippen molar-refractivity contribution in [2.45, 2.75) is 6.92 Å². The fraction of sp³-hybridized carbons (Fsp3) is 0.0714. The summed E-state index contributed by atoms with van der Waals surface area (Å²) < 4.78 is 14.8. The quantitative estimate of drug-likeness (QED) is 0.740. The first-order valence-electron chi connectivity index (χ1n) is 6.12. The van der Waals surface area contributed by atoms with E-state index >= 15 is 0 Å². The molecule has 21 heavy (non-hydrogen) atoms. The number of anilines is 1. The zero-order valence-electron chi connectivity index (χ0n) is 11.0. The van der Waals surface area contributed by atoms with E-state index in [1.807, 2.05) is 0 Å². The van der Waals surface area contributed by atoms with E-state index in [4.69, 9.17) is 11.6 Å². The van der Waals surface area contributed by atoms with Gasteiger partial charge in [-0.05, 0) is 31.2 Å². The monoisotopic (exact) mass is 304 g/mol. The summed E-state index contributed by atoms with van der Waals surface area (Å²) in [5.41, 5.74) is 1.80. The molecule has 0 bridgehead atoms. The largest absolute Gasteiger partial charge is 0.320 e. The minimum absolute atomic E-state index is 0.272. The maximum atomic E-state index is 13.4. The number of nitrogens with zero attached hydrogens (tertiary/aromatic N) is 3. The van der Waals surface area contributed by atoms with Crippen LogP contribution in [-0.2, 0) is 0 Å². The van der Waals surface area contributed by atoms with Crippen LogP contribution in [0, 0.1) is 12.7 Å². The number of nitrogens with one attached hydrogen (secondary N) is 1. The number of hydrogen-bond acceptors (Lipinski definition) is 3. The van der Waals surface area contributed by atoms with Crippen molar-refractivity contribution in [1.29, 1.82) is 0 Å². The van der Waals surface area contributed by atoms with Crippen molar-refractivity contribution < 1.29 is 9.18 Å². The van der Waals surface area contributed by atoms with Gasteiger partial charge in [-0.25, -0.2) is 14.4 Å². The van der Waals surface area contributed by atoms with Crippen molar-refractivity contribution in [2.24, 2.45) is 0 Å². The molecule has 0 unspecified atom stereocenters. The molecule has 7 heteroatoms. The van der Waals surface area contributed by atoms with E-state index in [9.17, 15) is 9.18 Å². The summed E-state index contributed by atoms with van der Waals surface area (Å²) in [5, 5.41) is 2.96. The third-order valence-electron chi connectivity index (χ3n) is 2.96. The third-order valence-corrected chi connectivity index (χ3v) is 3.16. The third kappa shape index (κ3) is 2.57. The molecule has 0 aliphatic rings. The summed E-state index contributed by atoms with van der Waals surface area (Å²) in [4.78, 5) is 20.4. The SMILES string of the molecule is Cc1nc2ccc(F)cn2c1C(=O)Nc1ccnc(Cl)c1. The number of carbonyl (C=O) groups is 1. The van der Waals surface area contributed by atoms with Crippen LogP contribution in [0.1, 0.15) is 16.2 Å². The molecule has 0 saturated carbocycles. The average molecular weight is 305 g/mol. The number of carbonyl (C=O) groups excluding carboxylic acids is 1. The molecule has 0 aliphatic heterocycles. The normalized spacial score (nSPS) is 10.8. The highest BCUT2D eigenvalue weighted by molar-refractivity contribution is 6.29. The number of pyridine rings is 2. The van der Waals surface area contributed by atoms with Crippen molar-refractivity contribution in [2.75, 3.05) is 5.32 Å². The van der Waals surface area contributed by atoms with Crippen LogP contribution in [0.2, 0.25) is 5.15 Å². The molecule has 3 heterocycles. The van der Waals surface area contributed by atoms with E-state index in [1.165, 1.54) is 35.0 Å². The Bertz CT molecular complexity index is 846. The number of imidazole rings is 1. The van der Waals surface area contributed by atoms with Gasteiger partial charge in [0, 0.05) is 18.1 Å². The Labute approximate surface area is 124 Å². The van der Waals surface area contributed by atoms with Gasteiger partial charge in [0.05, 0.1) is 5.69 Å². The standard InChI is InChI=1S/C14H10ClFN4O/c1-8-13(20-7-9(16)2-3-12(20)18-8)14(21)19-10-4-5-17-11(15)6-10/h2-7H,1H3,(H,17,19,21). The van der Waals surface area contributed by atoms with Gasteiger partial charge in [0.1, 0.15) is 22.3 Å². The summed E-state index contributed by atoms with van der Waals surface area (Å²) in [7, 11) is 0. The fourth-order valence-electron chi connectivity index (χ4n) is 2.08. The molecule has 0 spiro atoms. The molecule has 0 saturated heterocycles.